The molecule has 4 nitrogen and oxygen atoms in total. The second kappa shape index (κ2) is 11.4. The fourth-order valence-electron chi connectivity index (χ4n) is 3.73. The molecule has 0 spiro atoms. The Morgan fingerprint density at radius 2 is 2.23 bits per heavy atom. The molecule has 1 heterocycles. The van der Waals surface area contributed by atoms with Crippen LogP contribution in [0.25, 0.3) is 10.1 Å². The zero-order valence-corrected chi connectivity index (χ0v) is 19.6. The van der Waals surface area contributed by atoms with Crippen LogP contribution in [0.3, 0.4) is 0 Å². The van der Waals surface area contributed by atoms with Gasteiger partial charge in [0.15, 0.2) is 0 Å². The van der Waals surface area contributed by atoms with Crippen molar-refractivity contribution >= 4 is 57.6 Å². The SMILES string of the molecule is COC(=O)C(SCCCS)c1sc2ccccc2c1CC(O)/C=C/[C@H]1CCC(=O)C1. The number of ether oxygens (including phenoxy) is 1. The fourth-order valence-corrected chi connectivity index (χ4v) is 6.73. The van der Waals surface area contributed by atoms with Gasteiger partial charge < -0.3 is 9.84 Å². The Labute approximate surface area is 191 Å². The highest BCUT2D eigenvalue weighted by atomic mass is 32.2. The topological polar surface area (TPSA) is 63.6 Å². The predicted octanol–water partition coefficient (Wildman–Crippen LogP) is 5.00. The summed E-state index contributed by atoms with van der Waals surface area (Å²) in [5.41, 5.74) is 1.00. The third kappa shape index (κ3) is 5.90. The fraction of sp³-hybridized carbons (Fsp3) is 0.478. The first-order valence-corrected chi connectivity index (χ1v) is 12.7. The largest absolute Gasteiger partial charge is 0.468 e. The zero-order valence-electron chi connectivity index (χ0n) is 17.1. The van der Waals surface area contributed by atoms with Crippen molar-refractivity contribution in [2.24, 2.45) is 5.92 Å². The molecule has 1 fully saturated rings. The summed E-state index contributed by atoms with van der Waals surface area (Å²) in [5.74, 6) is 1.85. The minimum Gasteiger partial charge on any atom is -0.468 e. The first-order chi connectivity index (χ1) is 14.5. The van der Waals surface area contributed by atoms with Gasteiger partial charge in [-0.3, -0.25) is 9.59 Å². The summed E-state index contributed by atoms with van der Waals surface area (Å²) in [7, 11) is 1.42. The van der Waals surface area contributed by atoms with Crippen molar-refractivity contribution in [2.75, 3.05) is 18.6 Å². The number of aliphatic hydroxyl groups is 1. The van der Waals surface area contributed by atoms with Crippen LogP contribution in [0.4, 0.5) is 0 Å². The molecule has 30 heavy (non-hydrogen) atoms. The van der Waals surface area contributed by atoms with Crippen LogP contribution in [0.5, 0.6) is 0 Å². The lowest BCUT2D eigenvalue weighted by Crippen LogP contribution is -2.15. The maximum absolute atomic E-state index is 12.6. The molecule has 3 rings (SSSR count). The number of thiol groups is 1. The number of thiophene rings is 1. The molecule has 1 aliphatic rings. The van der Waals surface area contributed by atoms with Crippen LogP contribution in [0, 0.1) is 5.92 Å². The Morgan fingerprint density at radius 3 is 2.93 bits per heavy atom. The zero-order chi connectivity index (χ0) is 21.5. The third-order valence-corrected chi connectivity index (χ3v) is 8.30. The predicted molar refractivity (Wildman–Crippen MR) is 129 cm³/mol. The molecule has 0 amide bonds. The molecular weight excluding hydrogens is 436 g/mol. The number of ketones is 1. The lowest BCUT2D eigenvalue weighted by molar-refractivity contribution is -0.140. The van der Waals surface area contributed by atoms with E-state index in [1.807, 2.05) is 30.3 Å². The number of carbonyl (C=O) groups excluding carboxylic acids is 2. The van der Waals surface area contributed by atoms with Crippen LogP contribution in [-0.2, 0) is 20.7 Å². The maximum Gasteiger partial charge on any atom is 0.324 e. The number of thioether (sulfide) groups is 1. The number of allylic oxidation sites excluding steroid dienone is 1. The number of esters is 1. The Hall–Kier alpha value is -1.28. The summed E-state index contributed by atoms with van der Waals surface area (Å²) in [6, 6.07) is 8.06. The van der Waals surface area contributed by atoms with Gasteiger partial charge in [-0.05, 0) is 47.3 Å². The van der Waals surface area contributed by atoms with Crippen LogP contribution in [0.2, 0.25) is 0 Å². The standard InChI is InChI=1S/C23H28O4S3/c1-27-23(26)22(29-12-4-11-28)21-19(18-5-2-3-6-20(18)30-21)14-17(25)10-8-15-7-9-16(24)13-15/h2-3,5-6,8,10,15,17,22,25,28H,4,7,9,11-14H2,1H3/b10-8+/t15-,17?,22?/m1/s1. The number of hydrogen-bond acceptors (Lipinski definition) is 7. The Balaban J connectivity index is 1.87. The van der Waals surface area contributed by atoms with Crippen LogP contribution >= 0.6 is 35.7 Å². The van der Waals surface area contributed by atoms with Crippen molar-refractivity contribution in [3.63, 3.8) is 0 Å². The van der Waals surface area contributed by atoms with Gasteiger partial charge in [-0.15, -0.1) is 23.1 Å². The molecule has 1 aromatic heterocycles. The van der Waals surface area contributed by atoms with Gasteiger partial charge >= 0.3 is 5.97 Å². The van der Waals surface area contributed by atoms with Gasteiger partial charge in [-0.2, -0.15) is 12.6 Å². The third-order valence-electron chi connectivity index (χ3n) is 5.27. The van der Waals surface area contributed by atoms with Crippen LogP contribution in [0.1, 0.15) is 41.4 Å². The monoisotopic (exact) mass is 464 g/mol. The molecule has 0 bridgehead atoms. The van der Waals surface area contributed by atoms with Crippen LogP contribution in [-0.4, -0.2) is 41.6 Å². The smallest absolute Gasteiger partial charge is 0.324 e. The first kappa shape index (κ1) is 23.4. The molecule has 3 atom stereocenters. The number of carbonyl (C=O) groups is 2. The van der Waals surface area contributed by atoms with Gasteiger partial charge in [0.05, 0.1) is 13.2 Å². The number of benzene rings is 1. The summed E-state index contributed by atoms with van der Waals surface area (Å²) < 4.78 is 6.20. The summed E-state index contributed by atoms with van der Waals surface area (Å²) in [5, 5.41) is 11.4. The molecule has 2 unspecified atom stereocenters. The molecule has 0 aliphatic heterocycles. The van der Waals surface area contributed by atoms with Crippen molar-refractivity contribution in [3.8, 4) is 0 Å². The highest BCUT2D eigenvalue weighted by Gasteiger charge is 2.28. The Kier molecular flexibility index (Phi) is 8.86. The van der Waals surface area contributed by atoms with E-state index in [1.54, 1.807) is 29.2 Å². The van der Waals surface area contributed by atoms with E-state index in [1.165, 1.54) is 7.11 Å². The van der Waals surface area contributed by atoms with Crippen molar-refractivity contribution in [2.45, 2.75) is 43.5 Å². The lowest BCUT2D eigenvalue weighted by Gasteiger charge is -2.16. The molecular formula is C23H28O4S3. The van der Waals surface area contributed by atoms with E-state index < -0.39 is 11.4 Å². The van der Waals surface area contributed by atoms with Crippen molar-refractivity contribution in [1.82, 2.24) is 0 Å². The minimum atomic E-state index is -0.668. The average molecular weight is 465 g/mol. The van der Waals surface area contributed by atoms with E-state index in [2.05, 4.69) is 12.6 Å². The highest BCUT2D eigenvalue weighted by Crippen LogP contribution is 2.42. The molecule has 1 aliphatic carbocycles. The number of fused-ring (bicyclic) bond motifs is 1. The minimum absolute atomic E-state index is 0.227. The summed E-state index contributed by atoms with van der Waals surface area (Å²) in [6.07, 6.45) is 6.52. The molecule has 162 valence electrons. The van der Waals surface area contributed by atoms with Gasteiger partial charge in [0.2, 0.25) is 0 Å². The molecule has 2 aromatic rings. The van der Waals surface area contributed by atoms with Gasteiger partial charge in [0, 0.05) is 28.8 Å². The second-order valence-corrected chi connectivity index (χ2v) is 10.2. The van der Waals surface area contributed by atoms with Gasteiger partial charge in [-0.1, -0.05) is 30.4 Å². The van der Waals surface area contributed by atoms with Gasteiger partial charge in [-0.25, -0.2) is 0 Å². The number of aliphatic hydroxyl groups excluding tert-OH is 1. The number of Topliss-reactive ketones (excluding diaryl/α,β-unsaturated/α-hetero) is 1. The van der Waals surface area contributed by atoms with E-state index in [0.717, 1.165) is 44.9 Å². The summed E-state index contributed by atoms with van der Waals surface area (Å²) in [4.78, 5) is 25.0. The molecule has 0 radical (unpaired) electrons. The average Bonchev–Trinajstić information content (AvgIpc) is 3.33. The van der Waals surface area contributed by atoms with Crippen molar-refractivity contribution < 1.29 is 19.4 Å². The maximum atomic E-state index is 12.6. The number of rotatable bonds is 10. The highest BCUT2D eigenvalue weighted by molar-refractivity contribution is 8.00. The van der Waals surface area contributed by atoms with E-state index in [-0.39, 0.29) is 11.9 Å². The van der Waals surface area contributed by atoms with Crippen LogP contribution in [0.15, 0.2) is 36.4 Å². The van der Waals surface area contributed by atoms with Gasteiger partial charge in [0.25, 0.3) is 0 Å². The van der Waals surface area contributed by atoms with E-state index >= 15 is 0 Å². The normalized spacial score (nSPS) is 18.9. The van der Waals surface area contributed by atoms with Gasteiger partial charge in [0.1, 0.15) is 11.0 Å². The van der Waals surface area contributed by atoms with E-state index in [0.29, 0.717) is 25.0 Å². The Bertz CT molecular complexity index is 905. The van der Waals surface area contributed by atoms with Crippen LogP contribution < -0.4 is 0 Å². The quantitative estimate of drug-likeness (QED) is 0.224. The number of hydrogen-bond donors (Lipinski definition) is 2. The van der Waals surface area contributed by atoms with E-state index in [9.17, 15) is 14.7 Å². The lowest BCUT2D eigenvalue weighted by atomic mass is 10.0. The first-order valence-electron chi connectivity index (χ1n) is 10.2. The molecule has 1 N–H and O–H groups in total. The molecule has 7 heteroatoms. The second-order valence-electron chi connectivity index (χ2n) is 7.49. The molecule has 1 aromatic carbocycles. The summed E-state index contributed by atoms with van der Waals surface area (Å²) >= 11 is 7.44. The molecule has 1 saturated carbocycles. The van der Waals surface area contributed by atoms with Crippen molar-refractivity contribution in [3.05, 3.63) is 46.9 Å². The molecule has 0 saturated heterocycles. The summed E-state index contributed by atoms with van der Waals surface area (Å²) in [6.45, 7) is 0. The number of methoxy groups -OCH3 is 1. The van der Waals surface area contributed by atoms with E-state index in [4.69, 9.17) is 4.74 Å². The van der Waals surface area contributed by atoms with Crippen molar-refractivity contribution in [1.29, 1.82) is 0 Å². The Morgan fingerprint density at radius 1 is 1.43 bits per heavy atom.